The van der Waals surface area contributed by atoms with E-state index in [1.54, 1.807) is 6.07 Å². The highest BCUT2D eigenvalue weighted by Crippen LogP contribution is 2.39. The highest BCUT2D eigenvalue weighted by molar-refractivity contribution is 8.77. The Morgan fingerprint density at radius 3 is 1.68 bits per heavy atom. The number of pyridine rings is 1. The van der Waals surface area contributed by atoms with Crippen LogP contribution in [0, 0.1) is 10.1 Å². The van der Waals surface area contributed by atoms with Gasteiger partial charge in [0, 0.05) is 38.7 Å². The summed E-state index contributed by atoms with van der Waals surface area (Å²) >= 11 is 0. The monoisotopic (exact) mass is 949 g/mol. The molecule has 0 aliphatic carbocycles. The number of methoxy groups -OCH3 is 3. The van der Waals surface area contributed by atoms with Gasteiger partial charge in [-0.05, 0) is 50.0 Å². The van der Waals surface area contributed by atoms with Crippen LogP contribution in [0.4, 0.5) is 10.5 Å². The number of carboxylic acid groups (broad SMARTS) is 1. The van der Waals surface area contributed by atoms with Gasteiger partial charge in [0.1, 0.15) is 31.0 Å². The number of nitro groups is 1. The van der Waals surface area contributed by atoms with Gasteiger partial charge >= 0.3 is 18.1 Å². The second-order valence-electron chi connectivity index (χ2n) is 13.3. The molecule has 1 aromatic heterocycles. The van der Waals surface area contributed by atoms with E-state index in [2.05, 4.69) is 10.3 Å². The molecule has 1 heterocycles. The largest absolute Gasteiger partial charge is 0.508 e. The van der Waals surface area contributed by atoms with Crippen molar-refractivity contribution in [3.8, 4) is 0 Å². The molecule has 6 unspecified atom stereocenters. The van der Waals surface area contributed by atoms with Crippen LogP contribution in [0.5, 0.6) is 0 Å². The van der Waals surface area contributed by atoms with Crippen LogP contribution in [-0.4, -0.2) is 175 Å². The Morgan fingerprint density at radius 1 is 0.762 bits per heavy atom. The van der Waals surface area contributed by atoms with E-state index in [1.807, 2.05) is 34.6 Å². The summed E-state index contributed by atoms with van der Waals surface area (Å²) in [5, 5.41) is 57.9. The number of esters is 1. The Balaban J connectivity index is 0. The molecule has 0 spiro atoms. The van der Waals surface area contributed by atoms with Gasteiger partial charge in [-0.2, -0.15) is 0 Å². The second kappa shape index (κ2) is 37.9. The van der Waals surface area contributed by atoms with Crippen molar-refractivity contribution >= 4 is 51.3 Å². The van der Waals surface area contributed by atoms with Crippen LogP contribution in [0.3, 0.4) is 0 Å². The zero-order valence-corrected chi connectivity index (χ0v) is 38.8. The first-order chi connectivity index (χ1) is 29.9. The highest BCUT2D eigenvalue weighted by Gasteiger charge is 2.22. The number of amides is 1. The molecule has 0 fully saturated rings. The Bertz CT molecular complexity index is 1360. The summed E-state index contributed by atoms with van der Waals surface area (Å²) in [5.41, 5.74) is -0.0781. The van der Waals surface area contributed by atoms with Gasteiger partial charge in [-0.15, -0.1) is 0 Å². The van der Waals surface area contributed by atoms with E-state index in [0.717, 1.165) is 0 Å². The molecule has 0 saturated heterocycles. The average Bonchev–Trinajstić information content (AvgIpc) is 3.28. The first-order valence-corrected chi connectivity index (χ1v) is 21.9. The molecule has 0 aromatic carbocycles. The van der Waals surface area contributed by atoms with Crippen molar-refractivity contribution in [2.45, 2.75) is 120 Å². The molecule has 366 valence electrons. The van der Waals surface area contributed by atoms with Gasteiger partial charge in [-0.3, -0.25) is 24.5 Å². The molecule has 1 amide bonds. The third-order valence-corrected chi connectivity index (χ3v) is 11.0. The maximum atomic E-state index is 12.0. The van der Waals surface area contributed by atoms with Gasteiger partial charge in [0.25, 0.3) is 5.69 Å². The zero-order chi connectivity index (χ0) is 48.2. The first kappa shape index (κ1) is 61.6. The van der Waals surface area contributed by atoms with Crippen molar-refractivity contribution in [1.29, 1.82) is 0 Å². The van der Waals surface area contributed by atoms with Gasteiger partial charge < -0.3 is 73.5 Å². The SMILES string of the molecule is CCC(CO)OC(CO)OC.CCC(CO)OC(COC(=O)CCC(=O)O)OC.CCC(CO)OC(COC(=O)OCCC(=O)NCC(C)(C)SSc1ccc([N+](=O)[O-])cn1)OC. The minimum absolute atomic E-state index is 0.0421. The van der Waals surface area contributed by atoms with Crippen LogP contribution >= 0.6 is 21.6 Å². The second-order valence-corrected chi connectivity index (χ2v) is 16.1. The number of nitrogens with one attached hydrogen (secondary N) is 1. The lowest BCUT2D eigenvalue weighted by molar-refractivity contribution is -0.385. The molecule has 25 heteroatoms. The molecule has 0 saturated carbocycles. The maximum Gasteiger partial charge on any atom is 0.508 e. The van der Waals surface area contributed by atoms with Crippen molar-refractivity contribution in [2.75, 3.05) is 74.1 Å². The van der Waals surface area contributed by atoms with Gasteiger partial charge in [0.2, 0.25) is 5.91 Å². The number of aliphatic hydroxyl groups excluding tert-OH is 4. The summed E-state index contributed by atoms with van der Waals surface area (Å²) < 4.78 is 44.8. The van der Waals surface area contributed by atoms with E-state index in [9.17, 15) is 29.3 Å². The molecule has 6 N–H and O–H groups in total. The predicted molar refractivity (Wildman–Crippen MR) is 227 cm³/mol. The molecule has 0 aliphatic rings. The summed E-state index contributed by atoms with van der Waals surface area (Å²) in [5.74, 6) is -1.98. The van der Waals surface area contributed by atoms with E-state index in [4.69, 9.17) is 68.2 Å². The highest BCUT2D eigenvalue weighted by atomic mass is 33.1. The maximum absolute atomic E-state index is 12.0. The van der Waals surface area contributed by atoms with Crippen LogP contribution in [0.1, 0.15) is 73.1 Å². The minimum Gasteiger partial charge on any atom is -0.481 e. The molecule has 0 bridgehead atoms. The van der Waals surface area contributed by atoms with Gasteiger partial charge in [0.15, 0.2) is 18.9 Å². The van der Waals surface area contributed by atoms with E-state index in [0.29, 0.717) is 30.8 Å². The minimum atomic E-state index is -1.06. The average molecular weight is 950 g/mol. The standard InChI is InChI=1S/C20H31N3O9S2.C11H20O7.C7H16O4/c1-5-15(11-24)32-18(29-4)12-31-19(26)30-9-8-16(25)22-13-20(2,3)34-33-17-7-6-14(10-21-17)23(27)28;1-3-8(6-12)18-11(16-2)7-17-10(15)5-4-9(13)14;1-3-6(4-8)11-7(5-9)10-2/h6-7,10,15,18,24H,5,8-9,11-13H2,1-4H3,(H,22,25);8,11-12H,3-7H2,1-2H3,(H,13,14);6-9H,3-5H2,1-2H3. The van der Waals surface area contributed by atoms with Crippen LogP contribution in [-0.2, 0) is 57.0 Å². The number of nitrogens with zero attached hydrogens (tertiary/aromatic N) is 2. The summed E-state index contributed by atoms with van der Waals surface area (Å²) in [6.07, 6.45) is -1.68. The number of aliphatic carboxylic acids is 1. The van der Waals surface area contributed by atoms with Crippen molar-refractivity contribution < 1.29 is 92.3 Å². The first-order valence-electron chi connectivity index (χ1n) is 19.8. The summed E-state index contributed by atoms with van der Waals surface area (Å²) in [4.78, 5) is 59.3. The lowest BCUT2D eigenvalue weighted by Gasteiger charge is -2.23. The van der Waals surface area contributed by atoms with Crippen LogP contribution < -0.4 is 5.32 Å². The number of hydrogen-bond acceptors (Lipinski definition) is 22. The van der Waals surface area contributed by atoms with Crippen molar-refractivity contribution in [3.05, 3.63) is 28.4 Å². The van der Waals surface area contributed by atoms with Crippen molar-refractivity contribution in [1.82, 2.24) is 10.3 Å². The molecule has 0 radical (unpaired) electrons. The zero-order valence-electron chi connectivity index (χ0n) is 37.2. The summed E-state index contributed by atoms with van der Waals surface area (Å²) in [6.45, 7) is 8.70. The van der Waals surface area contributed by atoms with Crippen LogP contribution in [0.25, 0.3) is 0 Å². The molecule has 23 nitrogen and oxygen atoms in total. The Kier molecular flexibility index (Phi) is 37.0. The van der Waals surface area contributed by atoms with Crippen LogP contribution in [0.15, 0.2) is 23.4 Å². The fourth-order valence-corrected chi connectivity index (χ4v) is 5.98. The molecule has 0 aliphatic heterocycles. The molecule has 1 rings (SSSR count). The predicted octanol–water partition coefficient (Wildman–Crippen LogP) is 2.82. The molecule has 63 heavy (non-hydrogen) atoms. The van der Waals surface area contributed by atoms with E-state index < -0.39 is 48.0 Å². The van der Waals surface area contributed by atoms with E-state index in [-0.39, 0.29) is 94.1 Å². The van der Waals surface area contributed by atoms with E-state index >= 15 is 0 Å². The molecular formula is C38H67N3O20S2. The Hall–Kier alpha value is -3.47. The number of carboxylic acids is 1. The number of rotatable bonds is 32. The lowest BCUT2D eigenvalue weighted by Crippen LogP contribution is -2.36. The number of aliphatic hydroxyl groups is 4. The van der Waals surface area contributed by atoms with Crippen molar-refractivity contribution in [2.24, 2.45) is 0 Å². The fraction of sp³-hybridized carbons (Fsp3) is 0.763. The molecular weight excluding hydrogens is 883 g/mol. The van der Waals surface area contributed by atoms with Crippen molar-refractivity contribution in [3.63, 3.8) is 0 Å². The summed E-state index contributed by atoms with van der Waals surface area (Å²) in [7, 11) is 7.03. The Labute approximate surface area is 375 Å². The molecule has 1 aromatic rings. The number of ether oxygens (including phenoxy) is 9. The Morgan fingerprint density at radius 2 is 1.27 bits per heavy atom. The number of hydrogen-bond donors (Lipinski definition) is 6. The summed E-state index contributed by atoms with van der Waals surface area (Å²) in [6, 6.07) is 2.95. The van der Waals surface area contributed by atoms with Crippen LogP contribution in [0.2, 0.25) is 0 Å². The number of carbonyl (C=O) groups is 4. The van der Waals surface area contributed by atoms with Gasteiger partial charge in [0.05, 0.1) is 68.9 Å². The van der Waals surface area contributed by atoms with E-state index in [1.165, 1.54) is 55.2 Å². The van der Waals surface area contributed by atoms with Gasteiger partial charge in [-0.25, -0.2) is 9.78 Å². The quantitative estimate of drug-likeness (QED) is 0.0199. The number of carbonyl (C=O) groups excluding carboxylic acids is 3. The smallest absolute Gasteiger partial charge is 0.481 e. The fourth-order valence-electron chi connectivity index (χ4n) is 3.91. The number of aromatic nitrogens is 1. The third-order valence-electron chi connectivity index (χ3n) is 7.75. The lowest BCUT2D eigenvalue weighted by atomic mass is 10.2. The molecule has 6 atom stereocenters. The topological polar surface area (TPSA) is 321 Å². The normalized spacial score (nSPS) is 13.9. The third kappa shape index (κ3) is 32.8. The van der Waals surface area contributed by atoms with Gasteiger partial charge in [-0.1, -0.05) is 31.6 Å².